The number of carboxylic acids is 1. The lowest BCUT2D eigenvalue weighted by Gasteiger charge is -2.16. The van der Waals surface area contributed by atoms with Crippen molar-refractivity contribution in [3.05, 3.63) is 24.3 Å². The molecule has 0 aromatic carbocycles. The predicted octanol–water partition coefficient (Wildman–Crippen LogP) is 8.94. The normalized spacial score (nSPS) is 12.5. The monoisotopic (exact) mass is 464 g/mol. The van der Waals surface area contributed by atoms with Crippen molar-refractivity contribution >= 4 is 11.9 Å². The summed E-state index contributed by atoms with van der Waals surface area (Å²) < 4.78 is 5.46. The van der Waals surface area contributed by atoms with Crippen LogP contribution in [-0.4, -0.2) is 23.1 Å². The minimum absolute atomic E-state index is 0.0801. The third kappa shape index (κ3) is 24.9. The second-order valence-electron chi connectivity index (χ2n) is 9.25. The molecule has 0 aliphatic carbocycles. The molecule has 0 spiro atoms. The third-order valence-corrected chi connectivity index (χ3v) is 5.91. The lowest BCUT2D eigenvalue weighted by atomic mass is 10.1. The summed E-state index contributed by atoms with van der Waals surface area (Å²) in [6, 6.07) is 0. The first-order valence-corrected chi connectivity index (χ1v) is 13.8. The van der Waals surface area contributed by atoms with Crippen LogP contribution in [0.4, 0.5) is 0 Å². The number of unbranched alkanes of at least 4 members (excludes halogenated alkanes) is 13. The Bertz CT molecular complexity index is 510. The van der Waals surface area contributed by atoms with Crippen molar-refractivity contribution < 1.29 is 19.4 Å². The molecule has 33 heavy (non-hydrogen) atoms. The van der Waals surface area contributed by atoms with E-state index in [4.69, 9.17) is 9.84 Å². The van der Waals surface area contributed by atoms with E-state index in [9.17, 15) is 9.59 Å². The second kappa shape index (κ2) is 25.1. The van der Waals surface area contributed by atoms with Gasteiger partial charge in [-0.05, 0) is 51.4 Å². The highest BCUT2D eigenvalue weighted by Gasteiger charge is 2.17. The zero-order valence-corrected chi connectivity index (χ0v) is 21.7. The number of aliphatic carboxylic acids is 1. The Kier molecular flexibility index (Phi) is 23.9. The Labute approximate surface area is 204 Å². The maximum atomic E-state index is 12.1. The van der Waals surface area contributed by atoms with Gasteiger partial charge in [0.15, 0.2) is 0 Å². The lowest BCUT2D eigenvalue weighted by Crippen LogP contribution is -2.21. The standard InChI is InChI=1S/C29H52O4/c1-3-5-7-9-10-11-12-13-14-15-16-17-18-19-21-23-25-29(32)33-27(26-28(30)31)24-22-20-8-6-4-2/h10-11,13-14,27H,3-9,12,15-26H2,1-2H3,(H,30,31)/b11-10-,14-13-. The molecule has 0 radical (unpaired) electrons. The average molecular weight is 465 g/mol. The number of carbonyl (C=O) groups excluding carboxylic acids is 1. The Morgan fingerprint density at radius 3 is 1.85 bits per heavy atom. The molecule has 4 heteroatoms. The van der Waals surface area contributed by atoms with Crippen LogP contribution in [0.1, 0.15) is 142 Å². The van der Waals surface area contributed by atoms with E-state index in [1.807, 2.05) is 0 Å². The molecule has 0 amide bonds. The minimum atomic E-state index is -0.893. The van der Waals surface area contributed by atoms with Crippen LogP contribution in [0.3, 0.4) is 0 Å². The molecule has 0 fully saturated rings. The van der Waals surface area contributed by atoms with Crippen LogP contribution in [-0.2, 0) is 14.3 Å². The highest BCUT2D eigenvalue weighted by molar-refractivity contribution is 5.71. The molecule has 4 nitrogen and oxygen atoms in total. The highest BCUT2D eigenvalue weighted by Crippen LogP contribution is 2.15. The largest absolute Gasteiger partial charge is 0.481 e. The van der Waals surface area contributed by atoms with Crippen LogP contribution in [0.25, 0.3) is 0 Å². The summed E-state index contributed by atoms with van der Waals surface area (Å²) >= 11 is 0. The minimum Gasteiger partial charge on any atom is -0.481 e. The predicted molar refractivity (Wildman–Crippen MR) is 139 cm³/mol. The van der Waals surface area contributed by atoms with Gasteiger partial charge in [0.05, 0.1) is 6.42 Å². The first-order valence-electron chi connectivity index (χ1n) is 13.8. The molecule has 0 bridgehead atoms. The van der Waals surface area contributed by atoms with E-state index in [-0.39, 0.29) is 12.4 Å². The van der Waals surface area contributed by atoms with Crippen molar-refractivity contribution in [2.45, 2.75) is 148 Å². The number of ether oxygens (including phenoxy) is 1. The van der Waals surface area contributed by atoms with Gasteiger partial charge < -0.3 is 9.84 Å². The molecule has 0 saturated carbocycles. The molecule has 192 valence electrons. The first kappa shape index (κ1) is 31.4. The molecule has 0 rings (SSSR count). The molecular weight excluding hydrogens is 412 g/mol. The third-order valence-electron chi connectivity index (χ3n) is 5.91. The van der Waals surface area contributed by atoms with Gasteiger partial charge in [0.25, 0.3) is 0 Å². The van der Waals surface area contributed by atoms with Gasteiger partial charge in [-0.3, -0.25) is 9.59 Å². The number of carbonyl (C=O) groups is 2. The van der Waals surface area contributed by atoms with Gasteiger partial charge in [0, 0.05) is 6.42 Å². The van der Waals surface area contributed by atoms with E-state index in [1.54, 1.807) is 0 Å². The number of allylic oxidation sites excluding steroid dienone is 4. The van der Waals surface area contributed by atoms with E-state index in [0.29, 0.717) is 12.8 Å². The fourth-order valence-corrected chi connectivity index (χ4v) is 3.88. The van der Waals surface area contributed by atoms with Crippen LogP contribution in [0.5, 0.6) is 0 Å². The van der Waals surface area contributed by atoms with Gasteiger partial charge in [0.2, 0.25) is 0 Å². The summed E-state index contributed by atoms with van der Waals surface area (Å²) in [5.74, 6) is -1.13. The van der Waals surface area contributed by atoms with Crippen molar-refractivity contribution in [1.82, 2.24) is 0 Å². The Morgan fingerprint density at radius 1 is 0.697 bits per heavy atom. The smallest absolute Gasteiger partial charge is 0.307 e. The van der Waals surface area contributed by atoms with Crippen LogP contribution in [0, 0.1) is 0 Å². The molecule has 1 unspecified atom stereocenters. The molecule has 0 aliphatic heterocycles. The van der Waals surface area contributed by atoms with Gasteiger partial charge in [-0.25, -0.2) is 0 Å². The fraction of sp³-hybridized carbons (Fsp3) is 0.793. The molecule has 1 N–H and O–H groups in total. The summed E-state index contributed by atoms with van der Waals surface area (Å²) in [6.07, 6.45) is 29.2. The van der Waals surface area contributed by atoms with E-state index in [0.717, 1.165) is 51.4 Å². The first-order chi connectivity index (χ1) is 16.1. The number of rotatable bonds is 24. The van der Waals surface area contributed by atoms with Gasteiger partial charge in [-0.15, -0.1) is 0 Å². The molecule has 1 atom stereocenters. The summed E-state index contributed by atoms with van der Waals surface area (Å²) in [6.45, 7) is 4.41. The highest BCUT2D eigenvalue weighted by atomic mass is 16.5. The number of carboxylic acid groups (broad SMARTS) is 1. The van der Waals surface area contributed by atoms with Gasteiger partial charge in [0.1, 0.15) is 6.10 Å². The van der Waals surface area contributed by atoms with E-state index in [1.165, 1.54) is 57.8 Å². The van der Waals surface area contributed by atoms with Crippen molar-refractivity contribution in [3.63, 3.8) is 0 Å². The Morgan fingerprint density at radius 2 is 1.21 bits per heavy atom. The summed E-state index contributed by atoms with van der Waals surface area (Å²) in [7, 11) is 0. The van der Waals surface area contributed by atoms with Crippen molar-refractivity contribution in [2.24, 2.45) is 0 Å². The summed E-state index contributed by atoms with van der Waals surface area (Å²) in [5.41, 5.74) is 0. The molecular formula is C29H52O4. The molecule has 0 heterocycles. The Hall–Kier alpha value is -1.58. The van der Waals surface area contributed by atoms with E-state index >= 15 is 0 Å². The Balaban J connectivity index is 3.66. The topological polar surface area (TPSA) is 63.6 Å². The van der Waals surface area contributed by atoms with E-state index in [2.05, 4.69) is 38.2 Å². The number of hydrogen-bond acceptors (Lipinski definition) is 3. The molecule has 0 saturated heterocycles. The summed E-state index contributed by atoms with van der Waals surface area (Å²) in [4.78, 5) is 23.1. The van der Waals surface area contributed by atoms with Crippen LogP contribution >= 0.6 is 0 Å². The molecule has 0 aliphatic rings. The SMILES string of the molecule is CCCCC/C=C\C/C=C\CCCCCCCCC(=O)OC(CCCCCCC)CC(=O)O. The maximum absolute atomic E-state index is 12.1. The second-order valence-corrected chi connectivity index (χ2v) is 9.25. The number of hydrogen-bond donors (Lipinski definition) is 1. The van der Waals surface area contributed by atoms with Crippen LogP contribution < -0.4 is 0 Å². The van der Waals surface area contributed by atoms with E-state index < -0.39 is 12.1 Å². The van der Waals surface area contributed by atoms with Crippen molar-refractivity contribution in [1.29, 1.82) is 0 Å². The van der Waals surface area contributed by atoms with Gasteiger partial charge in [-0.1, -0.05) is 102 Å². The quantitative estimate of drug-likeness (QED) is 0.0879. The van der Waals surface area contributed by atoms with Crippen LogP contribution in [0.2, 0.25) is 0 Å². The van der Waals surface area contributed by atoms with Gasteiger partial charge >= 0.3 is 11.9 Å². The molecule has 0 aromatic rings. The average Bonchev–Trinajstić information content (AvgIpc) is 2.78. The van der Waals surface area contributed by atoms with Crippen LogP contribution in [0.15, 0.2) is 24.3 Å². The van der Waals surface area contributed by atoms with Crippen molar-refractivity contribution in [2.75, 3.05) is 0 Å². The zero-order valence-electron chi connectivity index (χ0n) is 21.7. The number of esters is 1. The van der Waals surface area contributed by atoms with Crippen molar-refractivity contribution in [3.8, 4) is 0 Å². The maximum Gasteiger partial charge on any atom is 0.307 e. The molecule has 0 aromatic heterocycles. The summed E-state index contributed by atoms with van der Waals surface area (Å²) in [5, 5.41) is 9.06. The lowest BCUT2D eigenvalue weighted by molar-refractivity contribution is -0.153. The zero-order chi connectivity index (χ0) is 24.4. The fourth-order valence-electron chi connectivity index (χ4n) is 3.88. The van der Waals surface area contributed by atoms with Gasteiger partial charge in [-0.2, -0.15) is 0 Å².